The van der Waals surface area contributed by atoms with E-state index >= 15 is 0 Å². The van der Waals surface area contributed by atoms with Gasteiger partial charge < -0.3 is 19.5 Å². The molecule has 1 aromatic carbocycles. The van der Waals surface area contributed by atoms with Crippen LogP contribution in [-0.4, -0.2) is 37.0 Å². The van der Waals surface area contributed by atoms with Crippen molar-refractivity contribution in [3.63, 3.8) is 0 Å². The zero-order valence-corrected chi connectivity index (χ0v) is 15.1. The summed E-state index contributed by atoms with van der Waals surface area (Å²) < 4.78 is 18.1. The number of methoxy groups -OCH3 is 3. The van der Waals surface area contributed by atoms with Crippen molar-refractivity contribution in [2.24, 2.45) is 0 Å². The lowest BCUT2D eigenvalue weighted by Crippen LogP contribution is -2.25. The van der Waals surface area contributed by atoms with Crippen LogP contribution in [0.25, 0.3) is 0 Å². The largest absolute Gasteiger partial charge is 0.493 e. The molecule has 25 heavy (non-hydrogen) atoms. The summed E-state index contributed by atoms with van der Waals surface area (Å²) in [6.07, 6.45) is 2.16. The van der Waals surface area contributed by atoms with Crippen LogP contribution < -0.4 is 19.5 Å². The highest BCUT2D eigenvalue weighted by Crippen LogP contribution is 2.44. The van der Waals surface area contributed by atoms with E-state index in [0.717, 1.165) is 16.9 Å². The molecule has 0 saturated carbocycles. The monoisotopic (exact) mass is 345 g/mol. The summed E-state index contributed by atoms with van der Waals surface area (Å²) in [5, 5.41) is 7.38. The van der Waals surface area contributed by atoms with E-state index in [0.29, 0.717) is 23.7 Å². The minimum atomic E-state index is -0.120. The smallest absolute Gasteiger partial charge is 0.226 e. The quantitative estimate of drug-likeness (QED) is 0.902. The molecule has 0 radical (unpaired) electrons. The van der Waals surface area contributed by atoms with Crippen molar-refractivity contribution in [2.75, 3.05) is 26.6 Å². The SMILES string of the molecule is COc1cc([C@H]2CC(=O)Nc3c2cnn3C(C)C)cc(OC)c1OC. The van der Waals surface area contributed by atoms with Gasteiger partial charge in [0, 0.05) is 23.9 Å². The van der Waals surface area contributed by atoms with Gasteiger partial charge in [0.15, 0.2) is 11.5 Å². The summed E-state index contributed by atoms with van der Waals surface area (Å²) in [4.78, 5) is 12.3. The fourth-order valence-corrected chi connectivity index (χ4v) is 3.23. The number of carbonyl (C=O) groups is 1. The average molecular weight is 345 g/mol. The van der Waals surface area contributed by atoms with Crippen LogP contribution in [0.2, 0.25) is 0 Å². The number of carbonyl (C=O) groups excluding carboxylic acids is 1. The van der Waals surface area contributed by atoms with Crippen LogP contribution in [0.5, 0.6) is 17.2 Å². The molecule has 2 aromatic rings. The summed E-state index contributed by atoms with van der Waals surface area (Å²) in [6.45, 7) is 4.06. The van der Waals surface area contributed by atoms with Gasteiger partial charge in [0.05, 0.1) is 27.5 Å². The van der Waals surface area contributed by atoms with Crippen molar-refractivity contribution < 1.29 is 19.0 Å². The van der Waals surface area contributed by atoms with Gasteiger partial charge in [-0.15, -0.1) is 0 Å². The van der Waals surface area contributed by atoms with Crippen molar-refractivity contribution in [1.29, 1.82) is 0 Å². The second kappa shape index (κ2) is 6.66. The number of nitrogens with one attached hydrogen (secondary N) is 1. The Morgan fingerprint density at radius 2 is 1.80 bits per heavy atom. The van der Waals surface area contributed by atoms with E-state index in [2.05, 4.69) is 10.4 Å². The van der Waals surface area contributed by atoms with Crippen LogP contribution in [0.3, 0.4) is 0 Å². The molecule has 1 N–H and O–H groups in total. The van der Waals surface area contributed by atoms with E-state index in [9.17, 15) is 4.79 Å². The van der Waals surface area contributed by atoms with Gasteiger partial charge in [-0.2, -0.15) is 5.10 Å². The maximum Gasteiger partial charge on any atom is 0.226 e. The van der Waals surface area contributed by atoms with Gasteiger partial charge in [-0.05, 0) is 31.5 Å². The Balaban J connectivity index is 2.13. The molecule has 0 spiro atoms. The molecule has 7 nitrogen and oxygen atoms in total. The molecule has 3 rings (SSSR count). The molecule has 1 aliphatic rings. The molecule has 0 fully saturated rings. The zero-order chi connectivity index (χ0) is 18.1. The zero-order valence-electron chi connectivity index (χ0n) is 15.1. The summed E-state index contributed by atoms with van der Waals surface area (Å²) in [6, 6.07) is 3.94. The fourth-order valence-electron chi connectivity index (χ4n) is 3.23. The maximum atomic E-state index is 12.3. The van der Waals surface area contributed by atoms with Crippen molar-refractivity contribution in [1.82, 2.24) is 9.78 Å². The topological polar surface area (TPSA) is 74.6 Å². The normalized spacial score (nSPS) is 16.4. The number of rotatable bonds is 5. The number of hydrogen-bond acceptors (Lipinski definition) is 5. The van der Waals surface area contributed by atoms with Gasteiger partial charge in [-0.25, -0.2) is 4.68 Å². The van der Waals surface area contributed by atoms with Gasteiger partial charge in [-0.3, -0.25) is 4.79 Å². The first-order chi connectivity index (χ1) is 12.0. The third kappa shape index (κ3) is 2.90. The first-order valence-corrected chi connectivity index (χ1v) is 8.17. The second-order valence-corrected chi connectivity index (χ2v) is 6.25. The molecule has 0 bridgehead atoms. The highest BCUT2D eigenvalue weighted by molar-refractivity contribution is 5.94. The lowest BCUT2D eigenvalue weighted by Gasteiger charge is -2.25. The standard InChI is InChI=1S/C18H23N3O4/c1-10(2)21-18-13(9-19-21)12(8-16(22)20-18)11-6-14(23-3)17(25-5)15(7-11)24-4/h6-7,9-10,12H,8H2,1-5H3,(H,20,22)/t12-/m1/s1. The number of anilines is 1. The highest BCUT2D eigenvalue weighted by Gasteiger charge is 2.31. The second-order valence-electron chi connectivity index (χ2n) is 6.25. The minimum Gasteiger partial charge on any atom is -0.493 e. The third-order valence-corrected chi connectivity index (χ3v) is 4.43. The van der Waals surface area contributed by atoms with Crippen molar-refractivity contribution >= 4 is 11.7 Å². The number of benzene rings is 1. The van der Waals surface area contributed by atoms with E-state index in [1.807, 2.05) is 36.9 Å². The Hall–Kier alpha value is -2.70. The van der Waals surface area contributed by atoms with E-state index in [1.165, 1.54) is 0 Å². The van der Waals surface area contributed by atoms with E-state index in [1.54, 1.807) is 21.3 Å². The molecular formula is C18H23N3O4. The lowest BCUT2D eigenvalue weighted by atomic mass is 9.87. The van der Waals surface area contributed by atoms with Crippen LogP contribution in [0.1, 0.15) is 43.4 Å². The van der Waals surface area contributed by atoms with Crippen LogP contribution >= 0.6 is 0 Å². The number of fused-ring (bicyclic) bond motifs is 1. The number of ether oxygens (including phenoxy) is 3. The molecule has 0 aliphatic carbocycles. The van der Waals surface area contributed by atoms with Crippen molar-refractivity contribution in [3.05, 3.63) is 29.5 Å². The molecular weight excluding hydrogens is 322 g/mol. The summed E-state index contributed by atoms with van der Waals surface area (Å²) in [5.74, 6) is 2.27. The Labute approximate surface area is 146 Å². The Kier molecular flexibility index (Phi) is 4.57. The minimum absolute atomic E-state index is 0.0337. The molecule has 7 heteroatoms. The van der Waals surface area contributed by atoms with Gasteiger partial charge in [-0.1, -0.05) is 0 Å². The summed E-state index contributed by atoms with van der Waals surface area (Å²) in [5.41, 5.74) is 1.91. The number of nitrogens with zero attached hydrogens (tertiary/aromatic N) is 2. The van der Waals surface area contributed by atoms with Gasteiger partial charge in [0.2, 0.25) is 11.7 Å². The Bertz CT molecular complexity index is 773. The summed E-state index contributed by atoms with van der Waals surface area (Å²) >= 11 is 0. The molecule has 1 atom stereocenters. The van der Waals surface area contributed by atoms with Crippen LogP contribution in [0.4, 0.5) is 5.82 Å². The first-order valence-electron chi connectivity index (χ1n) is 8.17. The molecule has 0 saturated heterocycles. The van der Waals surface area contributed by atoms with E-state index in [-0.39, 0.29) is 17.9 Å². The lowest BCUT2D eigenvalue weighted by molar-refractivity contribution is -0.116. The predicted octanol–water partition coefficient (Wildman–Crippen LogP) is 2.96. The highest BCUT2D eigenvalue weighted by atomic mass is 16.5. The van der Waals surface area contributed by atoms with Crippen molar-refractivity contribution in [3.8, 4) is 17.2 Å². The average Bonchev–Trinajstić information content (AvgIpc) is 3.03. The van der Waals surface area contributed by atoms with E-state index < -0.39 is 0 Å². The van der Waals surface area contributed by atoms with Crippen molar-refractivity contribution in [2.45, 2.75) is 32.2 Å². The van der Waals surface area contributed by atoms with Crippen LogP contribution in [0.15, 0.2) is 18.3 Å². The molecule has 134 valence electrons. The first kappa shape index (κ1) is 17.1. The molecule has 1 amide bonds. The van der Waals surface area contributed by atoms with Gasteiger partial charge in [0.1, 0.15) is 5.82 Å². The molecule has 2 heterocycles. The Morgan fingerprint density at radius 3 is 2.32 bits per heavy atom. The fraction of sp³-hybridized carbons (Fsp3) is 0.444. The number of aromatic nitrogens is 2. The van der Waals surface area contributed by atoms with Crippen LogP contribution in [0, 0.1) is 0 Å². The van der Waals surface area contributed by atoms with Crippen LogP contribution in [-0.2, 0) is 4.79 Å². The molecule has 1 aromatic heterocycles. The van der Waals surface area contributed by atoms with E-state index in [4.69, 9.17) is 14.2 Å². The maximum absolute atomic E-state index is 12.3. The predicted molar refractivity (Wildman–Crippen MR) is 93.8 cm³/mol. The van der Waals surface area contributed by atoms with Gasteiger partial charge in [0.25, 0.3) is 0 Å². The number of hydrogen-bond donors (Lipinski definition) is 1. The number of amides is 1. The molecule has 0 unspecified atom stereocenters. The Morgan fingerprint density at radius 1 is 1.16 bits per heavy atom. The van der Waals surface area contributed by atoms with Gasteiger partial charge >= 0.3 is 0 Å². The molecule has 1 aliphatic heterocycles. The summed E-state index contributed by atoms with van der Waals surface area (Å²) in [7, 11) is 4.73. The third-order valence-electron chi connectivity index (χ3n) is 4.43.